The van der Waals surface area contributed by atoms with Crippen LogP contribution in [0.4, 0.5) is 4.39 Å². The molecule has 1 fully saturated rings. The van der Waals surface area contributed by atoms with Gasteiger partial charge in [0.2, 0.25) is 17.7 Å². The zero-order valence-corrected chi connectivity index (χ0v) is 19.9. The molecule has 3 N–H and O–H groups in total. The molecule has 0 radical (unpaired) electrons. The number of β-amino-alcohol motifs (C(OH)–C–C–N with tert-alkyl or cyclic N) is 1. The van der Waals surface area contributed by atoms with Crippen LogP contribution in [0.3, 0.4) is 0 Å². The van der Waals surface area contributed by atoms with E-state index < -0.39 is 41.6 Å². The maximum absolute atomic E-state index is 14.6. The number of carbonyl (C=O) groups excluding carboxylic acids is 3. The predicted molar refractivity (Wildman–Crippen MR) is 123 cm³/mol. The Morgan fingerprint density at radius 1 is 1.30 bits per heavy atom. The van der Waals surface area contributed by atoms with E-state index in [-0.39, 0.29) is 19.5 Å². The van der Waals surface area contributed by atoms with Crippen LogP contribution in [0.2, 0.25) is 0 Å². The van der Waals surface area contributed by atoms with E-state index in [1.165, 1.54) is 20.8 Å². The van der Waals surface area contributed by atoms with E-state index in [2.05, 4.69) is 15.6 Å². The van der Waals surface area contributed by atoms with Gasteiger partial charge in [-0.1, -0.05) is 24.3 Å². The van der Waals surface area contributed by atoms with E-state index in [4.69, 9.17) is 0 Å². The van der Waals surface area contributed by atoms with Gasteiger partial charge in [0, 0.05) is 26.4 Å². The minimum Gasteiger partial charge on any atom is -0.391 e. The van der Waals surface area contributed by atoms with Gasteiger partial charge < -0.3 is 20.6 Å². The predicted octanol–water partition coefficient (Wildman–Crippen LogP) is 1.95. The van der Waals surface area contributed by atoms with E-state index in [1.807, 2.05) is 31.2 Å². The number of halogens is 1. The number of aliphatic hydroxyl groups is 1. The number of amides is 3. The topological polar surface area (TPSA) is 112 Å². The molecule has 0 spiro atoms. The third-order valence-electron chi connectivity index (χ3n) is 5.57. The van der Waals surface area contributed by atoms with Crippen LogP contribution in [0.15, 0.2) is 29.8 Å². The van der Waals surface area contributed by atoms with E-state index >= 15 is 0 Å². The number of aromatic nitrogens is 1. The van der Waals surface area contributed by atoms with Crippen molar-refractivity contribution in [3.8, 4) is 10.4 Å². The molecule has 10 heteroatoms. The zero-order chi connectivity index (χ0) is 24.3. The molecular formula is C23H29FN4O4S. The number of thiazole rings is 1. The largest absolute Gasteiger partial charge is 0.391 e. The first-order valence-corrected chi connectivity index (χ1v) is 11.6. The molecule has 1 aliphatic rings. The first-order chi connectivity index (χ1) is 15.5. The number of rotatable bonds is 7. The molecule has 3 amide bonds. The second-order valence-electron chi connectivity index (χ2n) is 8.78. The molecule has 0 aliphatic carbocycles. The quantitative estimate of drug-likeness (QED) is 0.566. The molecule has 1 aliphatic heterocycles. The van der Waals surface area contributed by atoms with Crippen molar-refractivity contribution in [2.75, 3.05) is 6.54 Å². The van der Waals surface area contributed by atoms with Gasteiger partial charge in [-0.05, 0) is 31.9 Å². The number of aryl methyl sites for hydroxylation is 1. The highest BCUT2D eigenvalue weighted by Gasteiger charge is 2.45. The SMILES string of the molecule is CC(=O)N[C@H](C(=O)N1C[C@H](O)C[C@H]1C(=O)NCc1ccc(-c2scnc2C)cc1)C(C)(C)F. The number of alkyl halides is 1. The van der Waals surface area contributed by atoms with Crippen molar-refractivity contribution in [1.29, 1.82) is 0 Å². The van der Waals surface area contributed by atoms with Crippen molar-refractivity contribution >= 4 is 29.1 Å². The molecule has 0 bridgehead atoms. The normalized spacial score (nSPS) is 19.3. The summed E-state index contributed by atoms with van der Waals surface area (Å²) in [6, 6.07) is 5.31. The summed E-state index contributed by atoms with van der Waals surface area (Å²) in [5, 5.41) is 15.2. The third-order valence-corrected chi connectivity index (χ3v) is 6.55. The molecule has 0 unspecified atom stereocenters. The first-order valence-electron chi connectivity index (χ1n) is 10.7. The molecule has 8 nitrogen and oxygen atoms in total. The first kappa shape index (κ1) is 24.8. The van der Waals surface area contributed by atoms with Crippen LogP contribution in [0.25, 0.3) is 10.4 Å². The highest BCUT2D eigenvalue weighted by molar-refractivity contribution is 7.13. The Bertz CT molecular complexity index is 1020. The van der Waals surface area contributed by atoms with Gasteiger partial charge in [-0.25, -0.2) is 9.37 Å². The Morgan fingerprint density at radius 2 is 1.97 bits per heavy atom. The Hall–Kier alpha value is -2.85. The van der Waals surface area contributed by atoms with Gasteiger partial charge >= 0.3 is 0 Å². The Kier molecular flexibility index (Phi) is 7.48. The summed E-state index contributed by atoms with van der Waals surface area (Å²) in [4.78, 5) is 43.9. The van der Waals surface area contributed by atoms with Gasteiger partial charge in [0.1, 0.15) is 17.8 Å². The van der Waals surface area contributed by atoms with Gasteiger partial charge in [0.25, 0.3) is 0 Å². The van der Waals surface area contributed by atoms with Crippen LogP contribution in [0.5, 0.6) is 0 Å². The molecule has 2 heterocycles. The fraction of sp³-hybridized carbons (Fsp3) is 0.478. The molecule has 1 aromatic heterocycles. The van der Waals surface area contributed by atoms with Crippen LogP contribution < -0.4 is 10.6 Å². The second-order valence-corrected chi connectivity index (χ2v) is 9.63. The molecule has 1 saturated heterocycles. The maximum Gasteiger partial charge on any atom is 0.249 e. The number of carbonyl (C=O) groups is 3. The van der Waals surface area contributed by atoms with Crippen molar-refractivity contribution < 1.29 is 23.9 Å². The van der Waals surface area contributed by atoms with E-state index in [0.29, 0.717) is 0 Å². The van der Waals surface area contributed by atoms with Gasteiger partial charge in [0.15, 0.2) is 0 Å². The average molecular weight is 477 g/mol. The smallest absolute Gasteiger partial charge is 0.249 e. The standard InChI is InChI=1S/C23H29FN4O4S/c1-13-19(33-12-26-13)16-7-5-15(6-8-16)10-25-21(31)18-9-17(30)11-28(18)22(32)20(23(3,4)24)27-14(2)29/h5-8,12,17-18,20,30H,9-11H2,1-4H3,(H,25,31)(H,27,29)/t17-,18+,20-/m1/s1. The molecule has 178 valence electrons. The molecule has 3 atom stereocenters. The molecule has 0 saturated carbocycles. The highest BCUT2D eigenvalue weighted by atomic mass is 32.1. The number of nitrogens with one attached hydrogen (secondary N) is 2. The van der Waals surface area contributed by atoms with E-state index in [1.54, 1.807) is 16.8 Å². The summed E-state index contributed by atoms with van der Waals surface area (Å²) < 4.78 is 14.6. The molecule has 3 rings (SSSR count). The lowest BCUT2D eigenvalue weighted by Crippen LogP contribution is -2.59. The molecule has 1 aromatic carbocycles. The lowest BCUT2D eigenvalue weighted by Gasteiger charge is -2.32. The minimum absolute atomic E-state index is 0.0423. The minimum atomic E-state index is -2.05. The lowest BCUT2D eigenvalue weighted by molar-refractivity contribution is -0.144. The van der Waals surface area contributed by atoms with Gasteiger partial charge in [-0.2, -0.15) is 0 Å². The van der Waals surface area contributed by atoms with Crippen LogP contribution in [-0.2, 0) is 20.9 Å². The summed E-state index contributed by atoms with van der Waals surface area (Å²) in [5.41, 5.74) is 2.61. The number of nitrogens with zero attached hydrogens (tertiary/aromatic N) is 2. The van der Waals surface area contributed by atoms with E-state index in [9.17, 15) is 23.9 Å². The number of hydrogen-bond donors (Lipinski definition) is 3. The third kappa shape index (κ3) is 5.94. The highest BCUT2D eigenvalue weighted by Crippen LogP contribution is 2.27. The molecular weight excluding hydrogens is 447 g/mol. The summed E-state index contributed by atoms with van der Waals surface area (Å²) in [5.74, 6) is -1.74. The average Bonchev–Trinajstić information content (AvgIpc) is 3.35. The van der Waals surface area contributed by atoms with Crippen LogP contribution in [-0.4, -0.2) is 63.1 Å². The maximum atomic E-state index is 14.6. The number of likely N-dealkylation sites (tertiary alicyclic amines) is 1. The van der Waals surface area contributed by atoms with E-state index in [0.717, 1.165) is 26.6 Å². The zero-order valence-electron chi connectivity index (χ0n) is 19.1. The van der Waals surface area contributed by atoms with Crippen LogP contribution in [0, 0.1) is 6.92 Å². The van der Waals surface area contributed by atoms with Crippen LogP contribution >= 0.6 is 11.3 Å². The summed E-state index contributed by atoms with van der Waals surface area (Å²) in [6.07, 6.45) is -0.868. The Morgan fingerprint density at radius 3 is 2.52 bits per heavy atom. The lowest BCUT2D eigenvalue weighted by atomic mass is 9.98. The summed E-state index contributed by atoms with van der Waals surface area (Å²) in [6.45, 7) is 5.64. The number of benzene rings is 1. The monoisotopic (exact) mass is 476 g/mol. The fourth-order valence-electron chi connectivity index (χ4n) is 3.86. The van der Waals surface area contributed by atoms with Crippen molar-refractivity contribution in [2.45, 2.75) is 64.5 Å². The van der Waals surface area contributed by atoms with Crippen LogP contribution in [0.1, 0.15) is 38.4 Å². The molecule has 2 aromatic rings. The van der Waals surface area contributed by atoms with Crippen molar-refractivity contribution in [3.05, 3.63) is 41.0 Å². The van der Waals surface area contributed by atoms with Gasteiger partial charge in [0.05, 0.1) is 22.2 Å². The van der Waals surface area contributed by atoms with Gasteiger partial charge in [-0.3, -0.25) is 14.4 Å². The number of aliphatic hydroxyl groups excluding tert-OH is 1. The van der Waals surface area contributed by atoms with Crippen molar-refractivity contribution in [3.63, 3.8) is 0 Å². The Labute approximate surface area is 196 Å². The second kappa shape index (κ2) is 9.96. The van der Waals surface area contributed by atoms with Crippen molar-refractivity contribution in [1.82, 2.24) is 20.5 Å². The molecule has 33 heavy (non-hydrogen) atoms. The summed E-state index contributed by atoms with van der Waals surface area (Å²) >= 11 is 1.56. The Balaban J connectivity index is 1.67. The van der Waals surface area contributed by atoms with Gasteiger partial charge in [-0.15, -0.1) is 11.3 Å². The fourth-order valence-corrected chi connectivity index (χ4v) is 4.67. The number of hydrogen-bond acceptors (Lipinski definition) is 6. The summed E-state index contributed by atoms with van der Waals surface area (Å²) in [7, 11) is 0. The van der Waals surface area contributed by atoms with Crippen molar-refractivity contribution in [2.24, 2.45) is 0 Å².